The molecule has 2 amide bonds. The van der Waals surface area contributed by atoms with Crippen molar-refractivity contribution in [3.63, 3.8) is 0 Å². The number of amides is 2. The molecule has 0 aliphatic rings. The molecule has 8 heteroatoms. The van der Waals surface area contributed by atoms with Crippen molar-refractivity contribution >= 4 is 35.1 Å². The Morgan fingerprint density at radius 1 is 1.00 bits per heavy atom. The minimum atomic E-state index is -0.605. The van der Waals surface area contributed by atoms with E-state index in [4.69, 9.17) is 16.3 Å². The van der Waals surface area contributed by atoms with Crippen LogP contribution in [0.25, 0.3) is 0 Å². The first-order chi connectivity index (χ1) is 13.8. The lowest BCUT2D eigenvalue weighted by Crippen LogP contribution is -2.36. The monoisotopic (exact) mass is 420 g/mol. The number of nitrogens with one attached hydrogen (secondary N) is 2. The van der Waals surface area contributed by atoms with E-state index in [0.717, 1.165) is 5.56 Å². The van der Waals surface area contributed by atoms with Gasteiger partial charge in [0, 0.05) is 10.7 Å². The Kier molecular flexibility index (Phi) is 8.15. The summed E-state index contributed by atoms with van der Waals surface area (Å²) in [4.78, 5) is 36.1. The molecule has 29 heavy (non-hydrogen) atoms. The molecule has 0 unspecified atom stereocenters. The van der Waals surface area contributed by atoms with Gasteiger partial charge in [-0.3, -0.25) is 14.4 Å². The van der Waals surface area contributed by atoms with Crippen LogP contribution in [0.4, 0.5) is 10.1 Å². The van der Waals surface area contributed by atoms with Crippen LogP contribution in [0.5, 0.6) is 0 Å². The van der Waals surface area contributed by atoms with Gasteiger partial charge in [-0.05, 0) is 47.9 Å². The molecule has 0 fully saturated rings. The Morgan fingerprint density at radius 3 is 2.21 bits per heavy atom. The van der Waals surface area contributed by atoms with Crippen LogP contribution >= 0.6 is 11.6 Å². The third-order valence-electron chi connectivity index (χ3n) is 4.07. The maximum Gasteiger partial charge on any atom is 0.314 e. The second kappa shape index (κ2) is 10.6. The van der Waals surface area contributed by atoms with E-state index in [2.05, 4.69) is 10.6 Å². The van der Waals surface area contributed by atoms with Crippen LogP contribution in [0, 0.1) is 11.7 Å². The molecule has 0 radical (unpaired) electrons. The maximum absolute atomic E-state index is 12.8. The fourth-order valence-electron chi connectivity index (χ4n) is 2.66. The number of carbonyl (C=O) groups excluding carboxylic acids is 3. The van der Waals surface area contributed by atoms with Crippen molar-refractivity contribution in [3.05, 3.63) is 64.9 Å². The van der Waals surface area contributed by atoms with Gasteiger partial charge >= 0.3 is 5.97 Å². The molecule has 0 heterocycles. The van der Waals surface area contributed by atoms with Crippen molar-refractivity contribution in [2.75, 3.05) is 18.5 Å². The number of benzene rings is 2. The van der Waals surface area contributed by atoms with Crippen molar-refractivity contribution < 1.29 is 23.5 Å². The highest BCUT2D eigenvalue weighted by atomic mass is 35.5. The molecular weight excluding hydrogens is 399 g/mol. The molecule has 6 nitrogen and oxygen atoms in total. The average Bonchev–Trinajstić information content (AvgIpc) is 2.68. The predicted octanol–water partition coefficient (Wildman–Crippen LogP) is 3.52. The molecule has 1 atom stereocenters. The minimum absolute atomic E-state index is 0.0479. The van der Waals surface area contributed by atoms with Gasteiger partial charge in [0.1, 0.15) is 5.82 Å². The zero-order valence-electron chi connectivity index (χ0n) is 16.1. The van der Waals surface area contributed by atoms with Crippen LogP contribution in [0.3, 0.4) is 0 Å². The topological polar surface area (TPSA) is 84.5 Å². The van der Waals surface area contributed by atoms with Crippen molar-refractivity contribution in [1.29, 1.82) is 0 Å². The Labute approximate surface area is 173 Å². The quantitative estimate of drug-likeness (QED) is 0.640. The van der Waals surface area contributed by atoms with Crippen LogP contribution in [-0.4, -0.2) is 30.9 Å². The molecule has 0 aliphatic heterocycles. The van der Waals surface area contributed by atoms with E-state index >= 15 is 0 Å². The zero-order chi connectivity index (χ0) is 21.4. The number of ether oxygens (including phenoxy) is 1. The first-order valence-corrected chi connectivity index (χ1v) is 9.38. The molecule has 0 aromatic heterocycles. The Balaban J connectivity index is 1.80. The molecule has 0 spiro atoms. The summed E-state index contributed by atoms with van der Waals surface area (Å²) in [5, 5.41) is 5.43. The van der Waals surface area contributed by atoms with E-state index in [0.29, 0.717) is 10.7 Å². The highest BCUT2D eigenvalue weighted by molar-refractivity contribution is 6.30. The molecule has 2 rings (SSSR count). The summed E-state index contributed by atoms with van der Waals surface area (Å²) in [6.07, 6.45) is 0. The maximum atomic E-state index is 12.8. The number of hydrogen-bond acceptors (Lipinski definition) is 4. The highest BCUT2D eigenvalue weighted by Crippen LogP contribution is 2.27. The highest BCUT2D eigenvalue weighted by Gasteiger charge is 2.26. The molecular formula is C21H22ClFN2O4. The molecule has 154 valence electrons. The summed E-state index contributed by atoms with van der Waals surface area (Å²) in [6, 6.07) is 12.1. The summed E-state index contributed by atoms with van der Waals surface area (Å²) in [6.45, 7) is 2.94. The standard InChI is InChI=1S/C21H22ClFN2O4/c1-13(2)20(14-3-5-15(22)6-4-14)21(28)29-12-19(27)24-11-18(26)25-17-9-7-16(23)8-10-17/h3-10,13,20H,11-12H2,1-2H3,(H,24,27)(H,25,26)/t20-/m1/s1. The number of rotatable bonds is 8. The fourth-order valence-corrected chi connectivity index (χ4v) is 2.78. The van der Waals surface area contributed by atoms with Gasteiger partial charge in [-0.1, -0.05) is 37.6 Å². The van der Waals surface area contributed by atoms with Crippen LogP contribution in [0.15, 0.2) is 48.5 Å². The number of hydrogen-bond donors (Lipinski definition) is 2. The van der Waals surface area contributed by atoms with Gasteiger partial charge in [0.05, 0.1) is 12.5 Å². The number of halogens is 2. The Bertz CT molecular complexity index is 854. The second-order valence-corrected chi connectivity index (χ2v) is 7.15. The van der Waals surface area contributed by atoms with Gasteiger partial charge in [0.15, 0.2) is 6.61 Å². The summed E-state index contributed by atoms with van der Waals surface area (Å²) in [7, 11) is 0. The van der Waals surface area contributed by atoms with Gasteiger partial charge in [-0.25, -0.2) is 4.39 Å². The third kappa shape index (κ3) is 7.19. The molecule has 0 saturated heterocycles. The van der Waals surface area contributed by atoms with Crippen LogP contribution in [0.2, 0.25) is 5.02 Å². The fraction of sp³-hybridized carbons (Fsp3) is 0.286. The summed E-state index contributed by atoms with van der Waals surface area (Å²) in [5.41, 5.74) is 1.15. The smallest absolute Gasteiger partial charge is 0.314 e. The summed E-state index contributed by atoms with van der Waals surface area (Å²) in [5.74, 6) is -2.64. The molecule has 2 N–H and O–H groups in total. The summed E-state index contributed by atoms with van der Waals surface area (Å²) < 4.78 is 18.0. The van der Waals surface area contributed by atoms with Crippen LogP contribution < -0.4 is 10.6 Å². The second-order valence-electron chi connectivity index (χ2n) is 6.71. The van der Waals surface area contributed by atoms with Crippen molar-refractivity contribution in [3.8, 4) is 0 Å². The lowest BCUT2D eigenvalue weighted by atomic mass is 9.88. The molecule has 2 aromatic rings. The van der Waals surface area contributed by atoms with Crippen molar-refractivity contribution in [2.24, 2.45) is 5.92 Å². The van der Waals surface area contributed by atoms with Crippen molar-refractivity contribution in [1.82, 2.24) is 5.32 Å². The van der Waals surface area contributed by atoms with E-state index in [1.807, 2.05) is 13.8 Å². The molecule has 2 aromatic carbocycles. The van der Waals surface area contributed by atoms with Gasteiger partial charge < -0.3 is 15.4 Å². The lowest BCUT2D eigenvalue weighted by Gasteiger charge is -2.19. The van der Waals surface area contributed by atoms with Crippen molar-refractivity contribution in [2.45, 2.75) is 19.8 Å². The summed E-state index contributed by atoms with van der Waals surface area (Å²) >= 11 is 5.88. The Morgan fingerprint density at radius 2 is 1.62 bits per heavy atom. The van der Waals surface area contributed by atoms with Crippen LogP contribution in [-0.2, 0) is 19.1 Å². The molecule has 0 aliphatic carbocycles. The van der Waals surface area contributed by atoms with E-state index in [1.54, 1.807) is 24.3 Å². The minimum Gasteiger partial charge on any atom is -0.455 e. The van der Waals surface area contributed by atoms with Gasteiger partial charge in [-0.15, -0.1) is 0 Å². The molecule has 0 saturated carbocycles. The predicted molar refractivity (Wildman–Crippen MR) is 108 cm³/mol. The first kappa shape index (κ1) is 22.4. The number of esters is 1. The Hall–Kier alpha value is -2.93. The van der Waals surface area contributed by atoms with Gasteiger partial charge in [0.2, 0.25) is 5.91 Å². The number of carbonyl (C=O) groups is 3. The van der Waals surface area contributed by atoms with Crippen LogP contribution in [0.1, 0.15) is 25.3 Å². The first-order valence-electron chi connectivity index (χ1n) is 9.00. The van der Waals surface area contributed by atoms with E-state index < -0.39 is 36.1 Å². The van der Waals surface area contributed by atoms with Gasteiger partial charge in [-0.2, -0.15) is 0 Å². The van der Waals surface area contributed by atoms with Gasteiger partial charge in [0.25, 0.3) is 5.91 Å². The SMILES string of the molecule is CC(C)[C@@H](C(=O)OCC(=O)NCC(=O)Nc1ccc(F)cc1)c1ccc(Cl)cc1. The van der Waals surface area contributed by atoms with E-state index in [9.17, 15) is 18.8 Å². The largest absolute Gasteiger partial charge is 0.455 e. The zero-order valence-corrected chi connectivity index (χ0v) is 16.8. The number of anilines is 1. The average molecular weight is 421 g/mol. The molecule has 0 bridgehead atoms. The lowest BCUT2D eigenvalue weighted by molar-refractivity contribution is -0.151. The normalized spacial score (nSPS) is 11.6. The van der Waals surface area contributed by atoms with E-state index in [-0.39, 0.29) is 12.5 Å². The third-order valence-corrected chi connectivity index (χ3v) is 4.32. The van der Waals surface area contributed by atoms with E-state index in [1.165, 1.54) is 24.3 Å².